The number of nitrogens with zero attached hydrogens (tertiary/aromatic N) is 1. The van der Waals surface area contributed by atoms with Crippen LogP contribution in [0.5, 0.6) is 0 Å². The molecule has 0 bridgehead atoms. The van der Waals surface area contributed by atoms with Gasteiger partial charge in [-0.1, -0.05) is 78.9 Å². The number of amides is 4. The third-order valence-electron chi connectivity index (χ3n) is 7.73. The van der Waals surface area contributed by atoms with Crippen LogP contribution in [0.3, 0.4) is 0 Å². The Balaban J connectivity index is 1.46. The number of carbonyl (C=O) groups is 3. The molecular weight excluding hydrogens is 526 g/mol. The number of aryl methyl sites for hydroxylation is 1. The zero-order valence-electron chi connectivity index (χ0n) is 24.2. The Morgan fingerprint density at radius 2 is 1.67 bits per heavy atom. The first-order chi connectivity index (χ1) is 20.2. The molecule has 0 spiro atoms. The van der Waals surface area contributed by atoms with E-state index in [0.29, 0.717) is 25.9 Å². The topological polar surface area (TPSA) is 117 Å². The Morgan fingerprint density at radius 3 is 2.40 bits per heavy atom. The van der Waals surface area contributed by atoms with Crippen molar-refractivity contribution in [1.82, 2.24) is 16.0 Å². The molecule has 8 heteroatoms. The highest BCUT2D eigenvalue weighted by molar-refractivity contribution is 6.04. The number of urea groups is 1. The van der Waals surface area contributed by atoms with Crippen molar-refractivity contribution in [2.45, 2.75) is 51.4 Å². The van der Waals surface area contributed by atoms with Crippen molar-refractivity contribution in [2.24, 2.45) is 5.73 Å². The number of anilines is 1. The molecule has 0 saturated heterocycles. The maximum atomic E-state index is 14.0. The molecule has 4 aromatic carbocycles. The maximum absolute atomic E-state index is 14.0. The van der Waals surface area contributed by atoms with Crippen molar-refractivity contribution in [3.8, 4) is 11.1 Å². The molecule has 0 aromatic heterocycles. The second-order valence-corrected chi connectivity index (χ2v) is 11.3. The molecule has 0 radical (unpaired) electrons. The van der Waals surface area contributed by atoms with Crippen LogP contribution in [0, 0.1) is 0 Å². The van der Waals surface area contributed by atoms with E-state index < -0.39 is 11.6 Å². The monoisotopic (exact) mass is 563 g/mol. The third kappa shape index (κ3) is 6.14. The highest BCUT2D eigenvalue weighted by Gasteiger charge is 2.34. The lowest BCUT2D eigenvalue weighted by Gasteiger charge is -2.28. The Kier molecular flexibility index (Phi) is 8.27. The van der Waals surface area contributed by atoms with Gasteiger partial charge in [-0.3, -0.25) is 9.59 Å². The van der Waals surface area contributed by atoms with Crippen molar-refractivity contribution >= 4 is 34.3 Å². The molecule has 0 unspecified atom stereocenters. The highest BCUT2D eigenvalue weighted by atomic mass is 16.2. The van der Waals surface area contributed by atoms with Gasteiger partial charge in [0.2, 0.25) is 11.8 Å². The number of hydrogen-bond donors (Lipinski definition) is 4. The summed E-state index contributed by atoms with van der Waals surface area (Å²) in [6, 6.07) is 27.4. The van der Waals surface area contributed by atoms with E-state index in [1.54, 1.807) is 25.8 Å². The predicted molar refractivity (Wildman–Crippen MR) is 167 cm³/mol. The van der Waals surface area contributed by atoms with Crippen LogP contribution in [-0.2, 0) is 29.1 Å². The summed E-state index contributed by atoms with van der Waals surface area (Å²) in [5, 5.41) is 10.6. The van der Waals surface area contributed by atoms with Gasteiger partial charge in [-0.2, -0.15) is 0 Å². The van der Waals surface area contributed by atoms with E-state index in [1.807, 2.05) is 72.8 Å². The van der Waals surface area contributed by atoms with E-state index in [2.05, 4.69) is 28.1 Å². The van der Waals surface area contributed by atoms with E-state index in [0.717, 1.165) is 44.3 Å². The van der Waals surface area contributed by atoms with E-state index in [-0.39, 0.29) is 17.8 Å². The normalized spacial score (nSPS) is 15.1. The maximum Gasteiger partial charge on any atom is 0.314 e. The molecule has 4 amide bonds. The van der Waals surface area contributed by atoms with Gasteiger partial charge < -0.3 is 26.6 Å². The number of fused-ring (bicyclic) bond motifs is 3. The van der Waals surface area contributed by atoms with Crippen LogP contribution in [0.25, 0.3) is 21.9 Å². The van der Waals surface area contributed by atoms with Gasteiger partial charge >= 0.3 is 6.03 Å². The zero-order chi connectivity index (χ0) is 29.9. The minimum atomic E-state index is -1.10. The first-order valence-electron chi connectivity index (χ1n) is 14.2. The molecule has 1 aliphatic heterocycles. The lowest BCUT2D eigenvalue weighted by atomic mass is 9.97. The van der Waals surface area contributed by atoms with Crippen molar-refractivity contribution in [1.29, 1.82) is 0 Å². The molecule has 5 N–H and O–H groups in total. The number of nitrogens with one attached hydrogen (secondary N) is 3. The molecular formula is C34H37N5O3. The van der Waals surface area contributed by atoms with Crippen LogP contribution >= 0.6 is 0 Å². The van der Waals surface area contributed by atoms with Crippen LogP contribution in [0.4, 0.5) is 10.5 Å². The standard InChI is InChI=1S/C34H37N5O3/c1-34(2,35)32(41)38-29-18-17-28-27-11-7-4-8-23(27)16-19-30(28)39(31(29)40)21-22-12-14-24(15-13-22)26-10-6-5-9-25(26)20-37-33(42)36-3/h4-16,19,29H,17-18,20-21,35H2,1-3H3,(H,38,41)(H2,36,37,42)/t29-/m1/s1. The van der Waals surface area contributed by atoms with Gasteiger partial charge in [0.05, 0.1) is 12.1 Å². The highest BCUT2D eigenvalue weighted by Crippen LogP contribution is 2.35. The second-order valence-electron chi connectivity index (χ2n) is 11.3. The molecule has 1 heterocycles. The smallest absolute Gasteiger partial charge is 0.314 e. The third-order valence-corrected chi connectivity index (χ3v) is 7.73. The quantitative estimate of drug-likeness (QED) is 0.262. The fourth-order valence-corrected chi connectivity index (χ4v) is 5.39. The van der Waals surface area contributed by atoms with Gasteiger partial charge in [0.1, 0.15) is 6.04 Å². The van der Waals surface area contributed by atoms with Gasteiger partial charge in [-0.05, 0) is 71.3 Å². The van der Waals surface area contributed by atoms with Crippen LogP contribution in [-0.4, -0.2) is 36.5 Å². The predicted octanol–water partition coefficient (Wildman–Crippen LogP) is 4.64. The zero-order valence-corrected chi connectivity index (χ0v) is 24.2. The number of rotatable bonds is 7. The van der Waals surface area contributed by atoms with E-state index in [4.69, 9.17) is 5.73 Å². The molecule has 4 aromatic rings. The van der Waals surface area contributed by atoms with Crippen LogP contribution in [0.15, 0.2) is 84.9 Å². The lowest BCUT2D eigenvalue weighted by molar-refractivity contribution is -0.130. The minimum Gasteiger partial charge on any atom is -0.343 e. The summed E-state index contributed by atoms with van der Waals surface area (Å²) in [5.74, 6) is -0.512. The average molecular weight is 564 g/mol. The first kappa shape index (κ1) is 28.8. The first-order valence-corrected chi connectivity index (χ1v) is 14.2. The molecule has 216 valence electrons. The van der Waals surface area contributed by atoms with Crippen LogP contribution in [0.1, 0.15) is 37.0 Å². The summed E-state index contributed by atoms with van der Waals surface area (Å²) in [7, 11) is 1.59. The van der Waals surface area contributed by atoms with Crippen molar-refractivity contribution < 1.29 is 14.4 Å². The van der Waals surface area contributed by atoms with Crippen LogP contribution < -0.4 is 26.6 Å². The summed E-state index contributed by atoms with van der Waals surface area (Å²) < 4.78 is 0. The summed E-state index contributed by atoms with van der Waals surface area (Å²) in [4.78, 5) is 40.4. The minimum absolute atomic E-state index is 0.156. The van der Waals surface area contributed by atoms with E-state index in [1.165, 1.54) is 0 Å². The Bertz CT molecular complexity index is 1620. The number of nitrogens with two attached hydrogens (primary N) is 1. The molecule has 0 aliphatic carbocycles. The average Bonchev–Trinajstić information content (AvgIpc) is 3.12. The van der Waals surface area contributed by atoms with Gasteiger partial charge in [0.15, 0.2) is 0 Å². The molecule has 1 aliphatic rings. The van der Waals surface area contributed by atoms with Crippen LogP contribution in [0.2, 0.25) is 0 Å². The largest absolute Gasteiger partial charge is 0.343 e. The van der Waals surface area contributed by atoms with Gasteiger partial charge in [0.25, 0.3) is 0 Å². The van der Waals surface area contributed by atoms with Gasteiger partial charge in [-0.15, -0.1) is 0 Å². The van der Waals surface area contributed by atoms with Crippen molar-refractivity contribution in [3.05, 3.63) is 102 Å². The molecule has 1 atom stereocenters. The summed E-state index contributed by atoms with van der Waals surface area (Å²) in [6.07, 6.45) is 1.13. The molecule has 8 nitrogen and oxygen atoms in total. The fraction of sp³-hybridized carbons (Fsp3) is 0.265. The number of hydrogen-bond acceptors (Lipinski definition) is 4. The second kappa shape index (κ2) is 12.0. The molecule has 5 rings (SSSR count). The van der Waals surface area contributed by atoms with Crippen molar-refractivity contribution in [3.63, 3.8) is 0 Å². The number of carbonyl (C=O) groups excluding carboxylic acids is 3. The van der Waals surface area contributed by atoms with E-state index >= 15 is 0 Å². The summed E-state index contributed by atoms with van der Waals surface area (Å²) in [6.45, 7) is 4.02. The summed E-state index contributed by atoms with van der Waals surface area (Å²) in [5.41, 5.74) is 10.9. The van der Waals surface area contributed by atoms with Gasteiger partial charge in [0, 0.05) is 19.3 Å². The molecule has 42 heavy (non-hydrogen) atoms. The van der Waals surface area contributed by atoms with E-state index in [9.17, 15) is 14.4 Å². The van der Waals surface area contributed by atoms with Gasteiger partial charge in [-0.25, -0.2) is 4.79 Å². The number of benzene rings is 4. The molecule has 0 fully saturated rings. The SMILES string of the molecule is CNC(=O)NCc1ccccc1-c1ccc(CN2C(=O)[C@H](NC(=O)C(C)(C)N)CCc3c2ccc2ccccc32)cc1. The Hall–Kier alpha value is -4.69. The molecule has 0 saturated carbocycles. The Labute approximate surface area is 246 Å². The summed E-state index contributed by atoms with van der Waals surface area (Å²) >= 11 is 0. The fourth-order valence-electron chi connectivity index (χ4n) is 5.39. The lowest BCUT2D eigenvalue weighted by Crippen LogP contribution is -2.56. The van der Waals surface area contributed by atoms with Crippen molar-refractivity contribution in [2.75, 3.05) is 11.9 Å². The Morgan fingerprint density at radius 1 is 0.952 bits per heavy atom.